The van der Waals surface area contributed by atoms with Crippen LogP contribution in [0.5, 0.6) is 0 Å². The Morgan fingerprint density at radius 3 is 2.03 bits per heavy atom. The third-order valence-corrected chi connectivity index (χ3v) is 4.13. The van der Waals surface area contributed by atoms with Gasteiger partial charge in [-0.25, -0.2) is 19.2 Å². The maximum atomic E-state index is 12.7. The molecule has 1 aromatic carbocycles. The lowest BCUT2D eigenvalue weighted by molar-refractivity contribution is -0.154. The van der Waals surface area contributed by atoms with Gasteiger partial charge in [-0.2, -0.15) is 0 Å². The van der Waals surface area contributed by atoms with Crippen LogP contribution in [0.2, 0.25) is 0 Å². The molecule has 1 rings (SSSR count). The third kappa shape index (κ3) is 7.73. The fourth-order valence-electron chi connectivity index (χ4n) is 2.74. The van der Waals surface area contributed by atoms with Gasteiger partial charge in [0.25, 0.3) is 0 Å². The monoisotopic (exact) mass is 423 g/mol. The van der Waals surface area contributed by atoms with Crippen LogP contribution in [0.3, 0.4) is 0 Å². The molecule has 0 saturated heterocycles. The van der Waals surface area contributed by atoms with Crippen molar-refractivity contribution in [1.29, 1.82) is 0 Å². The molecule has 0 heterocycles. The fraction of sp³-hybridized carbons (Fsp3) is 0.524. The lowest BCUT2D eigenvalue weighted by atomic mass is 10.0. The molecule has 1 aromatic rings. The first-order valence-corrected chi connectivity index (χ1v) is 9.89. The Morgan fingerprint density at radius 2 is 1.47 bits per heavy atom. The first-order valence-electron chi connectivity index (χ1n) is 9.89. The standard InChI is InChI=1S/C21H29NO8/c1-5-27-19(24)17(14-13-16-11-9-8-10-12-16)22(20(25)28-6-2)15(4)18(23)30-21(26)29-7-3/h8-12,15,17H,5-7,13-14H2,1-4H3/t15-,17-/m0/s1. The van der Waals surface area contributed by atoms with Crippen molar-refractivity contribution in [1.82, 2.24) is 4.90 Å². The van der Waals surface area contributed by atoms with Crippen molar-refractivity contribution in [2.45, 2.75) is 52.6 Å². The van der Waals surface area contributed by atoms with Crippen LogP contribution in [0.4, 0.5) is 9.59 Å². The van der Waals surface area contributed by atoms with Gasteiger partial charge in [0.2, 0.25) is 0 Å². The highest BCUT2D eigenvalue weighted by Crippen LogP contribution is 2.18. The molecular formula is C21H29NO8. The Bertz CT molecular complexity index is 706. The lowest BCUT2D eigenvalue weighted by Gasteiger charge is -2.32. The third-order valence-electron chi connectivity index (χ3n) is 4.13. The van der Waals surface area contributed by atoms with Crippen LogP contribution in [0, 0.1) is 0 Å². The number of aryl methyl sites for hydroxylation is 1. The minimum absolute atomic E-state index is 0.0185. The van der Waals surface area contributed by atoms with E-state index in [-0.39, 0.29) is 26.2 Å². The van der Waals surface area contributed by atoms with E-state index in [1.54, 1.807) is 20.8 Å². The maximum absolute atomic E-state index is 12.7. The van der Waals surface area contributed by atoms with Crippen LogP contribution in [0.15, 0.2) is 30.3 Å². The molecule has 0 radical (unpaired) electrons. The minimum atomic E-state index is -1.29. The Morgan fingerprint density at radius 1 is 0.867 bits per heavy atom. The number of rotatable bonds is 10. The maximum Gasteiger partial charge on any atom is 0.516 e. The van der Waals surface area contributed by atoms with Crippen LogP contribution in [0.25, 0.3) is 0 Å². The highest BCUT2D eigenvalue weighted by atomic mass is 16.7. The Kier molecular flexibility index (Phi) is 11.0. The molecule has 0 aliphatic carbocycles. The van der Waals surface area contributed by atoms with Gasteiger partial charge in [0.05, 0.1) is 19.8 Å². The summed E-state index contributed by atoms with van der Waals surface area (Å²) in [5, 5.41) is 0. The van der Waals surface area contributed by atoms with Gasteiger partial charge < -0.3 is 18.9 Å². The van der Waals surface area contributed by atoms with E-state index < -0.39 is 36.3 Å². The summed E-state index contributed by atoms with van der Waals surface area (Å²) >= 11 is 0. The number of ether oxygens (including phenoxy) is 4. The van der Waals surface area contributed by atoms with E-state index in [9.17, 15) is 19.2 Å². The van der Waals surface area contributed by atoms with Crippen LogP contribution >= 0.6 is 0 Å². The number of hydrogen-bond donors (Lipinski definition) is 0. The van der Waals surface area contributed by atoms with Gasteiger partial charge in [-0.15, -0.1) is 0 Å². The van der Waals surface area contributed by atoms with Crippen molar-refractivity contribution >= 4 is 24.2 Å². The second-order valence-electron chi connectivity index (χ2n) is 6.18. The van der Waals surface area contributed by atoms with Gasteiger partial charge in [-0.3, -0.25) is 4.90 Å². The Balaban J connectivity index is 3.13. The van der Waals surface area contributed by atoms with E-state index in [1.807, 2.05) is 30.3 Å². The van der Waals surface area contributed by atoms with E-state index in [0.717, 1.165) is 10.5 Å². The van der Waals surface area contributed by atoms with Gasteiger partial charge in [0, 0.05) is 0 Å². The number of benzene rings is 1. The normalized spacial score (nSPS) is 12.3. The van der Waals surface area contributed by atoms with Crippen LogP contribution < -0.4 is 0 Å². The number of nitrogens with zero attached hydrogens (tertiary/aromatic N) is 1. The Labute approximate surface area is 176 Å². The molecule has 9 nitrogen and oxygen atoms in total. The van der Waals surface area contributed by atoms with E-state index in [1.165, 1.54) is 6.92 Å². The van der Waals surface area contributed by atoms with Crippen LogP contribution in [-0.4, -0.2) is 61.0 Å². The zero-order valence-electron chi connectivity index (χ0n) is 17.8. The molecule has 2 atom stereocenters. The molecule has 0 unspecified atom stereocenters. The second kappa shape index (κ2) is 13.2. The molecule has 9 heteroatoms. The van der Waals surface area contributed by atoms with Crippen molar-refractivity contribution in [3.63, 3.8) is 0 Å². The van der Waals surface area contributed by atoms with E-state index in [4.69, 9.17) is 9.47 Å². The van der Waals surface area contributed by atoms with Crippen molar-refractivity contribution < 1.29 is 38.1 Å². The fourth-order valence-corrected chi connectivity index (χ4v) is 2.74. The molecule has 0 fully saturated rings. The highest BCUT2D eigenvalue weighted by Gasteiger charge is 2.39. The molecule has 0 aliphatic rings. The zero-order valence-corrected chi connectivity index (χ0v) is 17.8. The summed E-state index contributed by atoms with van der Waals surface area (Å²) in [5.74, 6) is -1.73. The van der Waals surface area contributed by atoms with E-state index >= 15 is 0 Å². The predicted octanol–water partition coefficient (Wildman–Crippen LogP) is 3.10. The summed E-state index contributed by atoms with van der Waals surface area (Å²) in [7, 11) is 0. The Hall–Kier alpha value is -3.10. The van der Waals surface area contributed by atoms with Gasteiger partial charge >= 0.3 is 24.2 Å². The van der Waals surface area contributed by atoms with Crippen molar-refractivity contribution in [2.75, 3.05) is 19.8 Å². The average molecular weight is 423 g/mol. The molecule has 166 valence electrons. The average Bonchev–Trinajstić information content (AvgIpc) is 2.71. The van der Waals surface area contributed by atoms with Crippen molar-refractivity contribution in [3.8, 4) is 0 Å². The minimum Gasteiger partial charge on any atom is -0.464 e. The largest absolute Gasteiger partial charge is 0.516 e. The quantitative estimate of drug-likeness (QED) is 0.321. The summed E-state index contributed by atoms with van der Waals surface area (Å²) in [4.78, 5) is 50.1. The predicted molar refractivity (Wildman–Crippen MR) is 107 cm³/mol. The smallest absolute Gasteiger partial charge is 0.464 e. The second-order valence-corrected chi connectivity index (χ2v) is 6.18. The summed E-state index contributed by atoms with van der Waals surface area (Å²) in [6, 6.07) is 6.94. The van der Waals surface area contributed by atoms with Crippen molar-refractivity contribution in [3.05, 3.63) is 35.9 Å². The summed E-state index contributed by atoms with van der Waals surface area (Å²) in [6.45, 7) is 6.28. The molecule has 1 amide bonds. The number of esters is 2. The van der Waals surface area contributed by atoms with E-state index in [2.05, 4.69) is 9.47 Å². The number of hydrogen-bond acceptors (Lipinski definition) is 8. The number of carbonyl (C=O) groups excluding carboxylic acids is 4. The number of carbonyl (C=O) groups is 4. The zero-order chi connectivity index (χ0) is 22.5. The molecule has 0 aliphatic heterocycles. The molecule has 0 aromatic heterocycles. The molecular weight excluding hydrogens is 394 g/mol. The highest BCUT2D eigenvalue weighted by molar-refractivity contribution is 5.90. The SMILES string of the molecule is CCOC(=O)OC(=O)[C@H](C)N(C(=O)OCC)[C@@H](CCc1ccccc1)C(=O)OCC. The van der Waals surface area contributed by atoms with Gasteiger partial charge in [-0.1, -0.05) is 30.3 Å². The first-order chi connectivity index (χ1) is 14.3. The van der Waals surface area contributed by atoms with Crippen molar-refractivity contribution in [2.24, 2.45) is 0 Å². The van der Waals surface area contributed by atoms with E-state index in [0.29, 0.717) is 6.42 Å². The molecule has 30 heavy (non-hydrogen) atoms. The number of amides is 1. The van der Waals surface area contributed by atoms with Gasteiger partial charge in [-0.05, 0) is 46.1 Å². The molecule has 0 spiro atoms. The van der Waals surface area contributed by atoms with Gasteiger partial charge in [0.1, 0.15) is 12.1 Å². The lowest BCUT2D eigenvalue weighted by Crippen LogP contribution is -2.54. The van der Waals surface area contributed by atoms with Crippen LogP contribution in [-0.2, 0) is 35.0 Å². The topological polar surface area (TPSA) is 108 Å². The molecule has 0 N–H and O–H groups in total. The summed E-state index contributed by atoms with van der Waals surface area (Å²) in [6.07, 6.45) is -1.45. The molecule has 0 saturated carbocycles. The first kappa shape index (κ1) is 24.9. The van der Waals surface area contributed by atoms with Gasteiger partial charge in [0.15, 0.2) is 0 Å². The summed E-state index contributed by atoms with van der Waals surface area (Å²) < 4.78 is 19.4. The molecule has 0 bridgehead atoms. The summed E-state index contributed by atoms with van der Waals surface area (Å²) in [5.41, 5.74) is 0.942. The van der Waals surface area contributed by atoms with Crippen LogP contribution in [0.1, 0.15) is 39.7 Å².